The number of aryl methyl sites for hydroxylation is 2. The molecule has 0 bridgehead atoms. The smallest absolute Gasteiger partial charge is 0.125 e. The zero-order chi connectivity index (χ0) is 13.0. The van der Waals surface area contributed by atoms with Crippen LogP contribution in [0.25, 0.3) is 0 Å². The van der Waals surface area contributed by atoms with E-state index >= 15 is 0 Å². The number of nitrogens with one attached hydrogen (secondary N) is 1. The minimum Gasteiger partial charge on any atom is -0.491 e. The first kappa shape index (κ1) is 13.4. The Morgan fingerprint density at radius 3 is 2.72 bits per heavy atom. The first-order valence-electron chi connectivity index (χ1n) is 6.69. The SMILES string of the molecule is Cc1cccc(C)c1OC[C@@H](C)N[C@H]1CCOC1. The average molecular weight is 249 g/mol. The van der Waals surface area contributed by atoms with Crippen LogP contribution in [0.5, 0.6) is 5.75 Å². The van der Waals surface area contributed by atoms with Gasteiger partial charge in [-0.05, 0) is 38.3 Å². The molecule has 0 spiro atoms. The van der Waals surface area contributed by atoms with E-state index in [2.05, 4.69) is 44.3 Å². The van der Waals surface area contributed by atoms with Crippen molar-refractivity contribution in [2.75, 3.05) is 19.8 Å². The molecule has 1 fully saturated rings. The Bertz CT molecular complexity index is 366. The third-order valence-corrected chi connectivity index (χ3v) is 3.34. The largest absolute Gasteiger partial charge is 0.491 e. The van der Waals surface area contributed by atoms with E-state index in [1.165, 1.54) is 11.1 Å². The molecule has 1 aliphatic heterocycles. The summed E-state index contributed by atoms with van der Waals surface area (Å²) in [7, 11) is 0. The maximum Gasteiger partial charge on any atom is 0.125 e. The standard InChI is InChI=1S/C15H23NO2/c1-11-5-4-6-12(2)15(11)18-9-13(3)16-14-7-8-17-10-14/h4-6,13-14,16H,7-10H2,1-3H3/t13-,14+/m1/s1. The summed E-state index contributed by atoms with van der Waals surface area (Å²) in [5.74, 6) is 1.02. The van der Waals surface area contributed by atoms with Gasteiger partial charge in [0.1, 0.15) is 12.4 Å². The second-order valence-corrected chi connectivity index (χ2v) is 5.16. The molecule has 0 aliphatic carbocycles. The quantitative estimate of drug-likeness (QED) is 0.869. The fourth-order valence-corrected chi connectivity index (χ4v) is 2.35. The number of benzene rings is 1. The zero-order valence-electron chi connectivity index (χ0n) is 11.5. The predicted octanol–water partition coefficient (Wildman–Crippen LogP) is 2.45. The van der Waals surface area contributed by atoms with E-state index in [1.54, 1.807) is 0 Å². The van der Waals surface area contributed by atoms with E-state index in [1.807, 2.05) is 0 Å². The zero-order valence-corrected chi connectivity index (χ0v) is 11.5. The van der Waals surface area contributed by atoms with E-state index in [4.69, 9.17) is 9.47 Å². The van der Waals surface area contributed by atoms with Crippen molar-refractivity contribution in [3.8, 4) is 5.75 Å². The molecule has 0 unspecified atom stereocenters. The average Bonchev–Trinajstić information content (AvgIpc) is 2.81. The van der Waals surface area contributed by atoms with Crippen molar-refractivity contribution >= 4 is 0 Å². The van der Waals surface area contributed by atoms with Crippen LogP contribution in [0.2, 0.25) is 0 Å². The van der Waals surface area contributed by atoms with E-state index in [0.717, 1.165) is 25.4 Å². The normalized spacial score (nSPS) is 20.9. The minimum atomic E-state index is 0.343. The van der Waals surface area contributed by atoms with Crippen LogP contribution >= 0.6 is 0 Å². The van der Waals surface area contributed by atoms with Crippen molar-refractivity contribution in [1.29, 1.82) is 0 Å². The second-order valence-electron chi connectivity index (χ2n) is 5.16. The van der Waals surface area contributed by atoms with Gasteiger partial charge >= 0.3 is 0 Å². The molecule has 1 aromatic carbocycles. The lowest BCUT2D eigenvalue weighted by molar-refractivity contribution is 0.184. The van der Waals surface area contributed by atoms with Gasteiger partial charge in [0.15, 0.2) is 0 Å². The third-order valence-electron chi connectivity index (χ3n) is 3.34. The number of para-hydroxylation sites is 1. The molecule has 3 nitrogen and oxygen atoms in total. The van der Waals surface area contributed by atoms with Gasteiger partial charge in [-0.25, -0.2) is 0 Å². The van der Waals surface area contributed by atoms with Crippen LogP contribution in [0.4, 0.5) is 0 Å². The predicted molar refractivity (Wildman–Crippen MR) is 73.2 cm³/mol. The number of ether oxygens (including phenoxy) is 2. The lowest BCUT2D eigenvalue weighted by atomic mass is 10.1. The number of hydrogen-bond acceptors (Lipinski definition) is 3. The molecular weight excluding hydrogens is 226 g/mol. The molecule has 0 aromatic heterocycles. The summed E-state index contributed by atoms with van der Waals surface area (Å²) in [6.45, 7) is 8.74. The van der Waals surface area contributed by atoms with Gasteiger partial charge in [0.2, 0.25) is 0 Å². The minimum absolute atomic E-state index is 0.343. The van der Waals surface area contributed by atoms with Gasteiger partial charge in [0.05, 0.1) is 6.61 Å². The van der Waals surface area contributed by atoms with Gasteiger partial charge in [0.25, 0.3) is 0 Å². The number of hydrogen-bond donors (Lipinski definition) is 1. The van der Waals surface area contributed by atoms with E-state index in [9.17, 15) is 0 Å². The molecule has 0 amide bonds. The van der Waals surface area contributed by atoms with Gasteiger partial charge < -0.3 is 14.8 Å². The molecule has 1 N–H and O–H groups in total. The highest BCUT2D eigenvalue weighted by atomic mass is 16.5. The summed E-state index contributed by atoms with van der Waals surface area (Å²) in [4.78, 5) is 0. The van der Waals surface area contributed by atoms with E-state index in [-0.39, 0.29) is 0 Å². The Balaban J connectivity index is 1.83. The molecule has 1 heterocycles. The molecule has 0 saturated carbocycles. The van der Waals surface area contributed by atoms with Crippen molar-refractivity contribution < 1.29 is 9.47 Å². The molecule has 1 aliphatic rings. The molecule has 2 rings (SSSR count). The molecule has 1 aromatic rings. The first-order valence-corrected chi connectivity index (χ1v) is 6.69. The molecular formula is C15H23NO2. The van der Waals surface area contributed by atoms with Gasteiger partial charge in [-0.1, -0.05) is 18.2 Å². The lowest BCUT2D eigenvalue weighted by Gasteiger charge is -2.20. The van der Waals surface area contributed by atoms with Crippen LogP contribution in [0.1, 0.15) is 24.5 Å². The maximum atomic E-state index is 5.94. The van der Waals surface area contributed by atoms with Crippen LogP contribution < -0.4 is 10.1 Å². The van der Waals surface area contributed by atoms with Crippen LogP contribution in [0, 0.1) is 13.8 Å². The van der Waals surface area contributed by atoms with E-state index < -0.39 is 0 Å². The van der Waals surface area contributed by atoms with Gasteiger partial charge in [-0.3, -0.25) is 0 Å². The van der Waals surface area contributed by atoms with Gasteiger partial charge in [0, 0.05) is 18.7 Å². The lowest BCUT2D eigenvalue weighted by Crippen LogP contribution is -2.40. The topological polar surface area (TPSA) is 30.5 Å². The summed E-state index contributed by atoms with van der Waals surface area (Å²) in [5.41, 5.74) is 2.40. The highest BCUT2D eigenvalue weighted by molar-refractivity contribution is 5.39. The Morgan fingerprint density at radius 2 is 2.11 bits per heavy atom. The van der Waals surface area contributed by atoms with Crippen LogP contribution in [0.15, 0.2) is 18.2 Å². The molecule has 18 heavy (non-hydrogen) atoms. The summed E-state index contributed by atoms with van der Waals surface area (Å²) in [6, 6.07) is 7.07. The summed E-state index contributed by atoms with van der Waals surface area (Å²) >= 11 is 0. The van der Waals surface area contributed by atoms with Crippen LogP contribution in [-0.2, 0) is 4.74 Å². The molecule has 2 atom stereocenters. The highest BCUT2D eigenvalue weighted by Gasteiger charge is 2.17. The molecule has 100 valence electrons. The molecule has 3 heteroatoms. The Labute approximate surface area is 109 Å². The Hall–Kier alpha value is -1.06. The van der Waals surface area contributed by atoms with Gasteiger partial charge in [-0.15, -0.1) is 0 Å². The highest BCUT2D eigenvalue weighted by Crippen LogP contribution is 2.22. The first-order chi connectivity index (χ1) is 8.66. The van der Waals surface area contributed by atoms with Crippen molar-refractivity contribution in [3.05, 3.63) is 29.3 Å². The summed E-state index contributed by atoms with van der Waals surface area (Å²) < 4.78 is 11.3. The molecule has 1 saturated heterocycles. The van der Waals surface area contributed by atoms with Crippen LogP contribution in [-0.4, -0.2) is 31.9 Å². The van der Waals surface area contributed by atoms with Crippen molar-refractivity contribution in [2.45, 2.75) is 39.3 Å². The fraction of sp³-hybridized carbons (Fsp3) is 0.600. The van der Waals surface area contributed by atoms with Crippen molar-refractivity contribution in [2.24, 2.45) is 0 Å². The van der Waals surface area contributed by atoms with Crippen molar-refractivity contribution in [1.82, 2.24) is 5.32 Å². The summed E-state index contributed by atoms with van der Waals surface area (Å²) in [5, 5.41) is 3.54. The monoisotopic (exact) mass is 249 g/mol. The second kappa shape index (κ2) is 6.21. The Morgan fingerprint density at radius 1 is 1.39 bits per heavy atom. The summed E-state index contributed by atoms with van der Waals surface area (Å²) in [6.07, 6.45) is 1.10. The van der Waals surface area contributed by atoms with E-state index in [0.29, 0.717) is 18.7 Å². The fourth-order valence-electron chi connectivity index (χ4n) is 2.35. The number of rotatable bonds is 5. The maximum absolute atomic E-state index is 5.94. The van der Waals surface area contributed by atoms with Crippen molar-refractivity contribution in [3.63, 3.8) is 0 Å². The Kier molecular flexibility index (Phi) is 4.61. The van der Waals surface area contributed by atoms with Gasteiger partial charge in [-0.2, -0.15) is 0 Å². The third kappa shape index (κ3) is 3.47. The van der Waals surface area contributed by atoms with Crippen LogP contribution in [0.3, 0.4) is 0 Å². The molecule has 0 radical (unpaired) electrons.